The maximum Gasteiger partial charge on any atom is 0.244 e. The van der Waals surface area contributed by atoms with Gasteiger partial charge in [-0.2, -0.15) is 5.10 Å². The third-order valence-electron chi connectivity index (χ3n) is 4.98. The normalized spacial score (nSPS) is 16.9. The van der Waals surface area contributed by atoms with Gasteiger partial charge in [0.15, 0.2) is 0 Å². The molecule has 1 fully saturated rings. The minimum absolute atomic E-state index is 0.0839. The molecule has 1 saturated heterocycles. The van der Waals surface area contributed by atoms with Crippen LogP contribution in [0.2, 0.25) is 0 Å². The molecule has 4 rings (SSSR count). The molecule has 26 heavy (non-hydrogen) atoms. The van der Waals surface area contributed by atoms with Crippen molar-refractivity contribution in [3.8, 4) is 0 Å². The monoisotopic (exact) mass is 354 g/mol. The number of aromatic nitrogens is 5. The van der Waals surface area contributed by atoms with Crippen LogP contribution in [0.5, 0.6) is 0 Å². The third-order valence-corrected chi connectivity index (χ3v) is 4.98. The zero-order chi connectivity index (χ0) is 18.1. The quantitative estimate of drug-likeness (QED) is 0.768. The Labute approximate surface area is 151 Å². The summed E-state index contributed by atoms with van der Waals surface area (Å²) in [5.41, 5.74) is 1.55. The average Bonchev–Trinajstić information content (AvgIpc) is 3.30. The van der Waals surface area contributed by atoms with Gasteiger partial charge in [-0.15, -0.1) is 5.10 Å². The van der Waals surface area contributed by atoms with Crippen molar-refractivity contribution < 1.29 is 9.90 Å². The van der Waals surface area contributed by atoms with E-state index in [1.165, 1.54) is 0 Å². The Balaban J connectivity index is 1.37. The lowest BCUT2D eigenvalue weighted by molar-refractivity contribution is -0.133. The Morgan fingerprint density at radius 3 is 2.81 bits per heavy atom. The Bertz CT molecular complexity index is 907. The summed E-state index contributed by atoms with van der Waals surface area (Å²) in [5.74, 6) is 0.0839. The molecular weight excluding hydrogens is 332 g/mol. The molecule has 3 aromatic rings. The van der Waals surface area contributed by atoms with Crippen molar-refractivity contribution in [3.05, 3.63) is 42.4 Å². The van der Waals surface area contributed by atoms with Gasteiger partial charge >= 0.3 is 0 Å². The van der Waals surface area contributed by atoms with Crippen LogP contribution in [0.15, 0.2) is 36.7 Å². The Kier molecular flexibility index (Phi) is 4.42. The second kappa shape index (κ2) is 6.87. The number of rotatable bonds is 4. The molecule has 8 nitrogen and oxygen atoms in total. The van der Waals surface area contributed by atoms with E-state index < -0.39 is 6.10 Å². The fraction of sp³-hybridized carbons (Fsp3) is 0.444. The number of carbonyl (C=O) groups is 1. The van der Waals surface area contributed by atoms with Gasteiger partial charge in [-0.25, -0.2) is 4.68 Å². The van der Waals surface area contributed by atoms with Gasteiger partial charge in [0.2, 0.25) is 5.91 Å². The number of benzene rings is 1. The number of nitrogens with zero attached hydrogens (tertiary/aromatic N) is 6. The molecule has 2 aromatic heterocycles. The molecule has 0 aliphatic carbocycles. The first kappa shape index (κ1) is 16.7. The average molecular weight is 354 g/mol. The topological polar surface area (TPSA) is 89.1 Å². The van der Waals surface area contributed by atoms with Gasteiger partial charge in [0.1, 0.15) is 12.2 Å². The number of hydrogen-bond acceptors (Lipinski definition) is 5. The molecule has 1 aliphatic heterocycles. The molecule has 1 unspecified atom stereocenters. The van der Waals surface area contributed by atoms with Gasteiger partial charge in [-0.1, -0.05) is 23.4 Å². The highest BCUT2D eigenvalue weighted by atomic mass is 16.3. The zero-order valence-corrected chi connectivity index (χ0v) is 14.7. The van der Waals surface area contributed by atoms with E-state index in [-0.39, 0.29) is 18.5 Å². The van der Waals surface area contributed by atoms with Crippen molar-refractivity contribution in [3.63, 3.8) is 0 Å². The van der Waals surface area contributed by atoms with Crippen LogP contribution in [0.3, 0.4) is 0 Å². The van der Waals surface area contributed by atoms with Crippen LogP contribution in [-0.2, 0) is 11.3 Å². The highest BCUT2D eigenvalue weighted by Gasteiger charge is 2.25. The molecule has 1 aromatic carbocycles. The van der Waals surface area contributed by atoms with E-state index in [2.05, 4.69) is 15.4 Å². The number of para-hydroxylation sites is 1. The standard InChI is InChI=1S/C18H22N6O2/c1-13(25)16-11-23(21-20-16)15-6-8-22(9-7-15)18(26)12-24-17-5-3-2-4-14(17)10-19-24/h2-5,10-11,13,15,25H,6-9,12H2,1H3. The number of piperidine rings is 1. The van der Waals surface area contributed by atoms with Crippen LogP contribution in [0.25, 0.3) is 10.9 Å². The Hall–Kier alpha value is -2.74. The van der Waals surface area contributed by atoms with Crippen LogP contribution in [0, 0.1) is 0 Å². The molecule has 1 N–H and O–H groups in total. The molecule has 0 radical (unpaired) electrons. The van der Waals surface area contributed by atoms with Crippen LogP contribution in [-0.4, -0.2) is 53.8 Å². The SMILES string of the molecule is CC(O)c1cn(C2CCN(C(=O)Cn3ncc4ccccc43)CC2)nn1. The smallest absolute Gasteiger partial charge is 0.244 e. The second-order valence-corrected chi connectivity index (χ2v) is 6.77. The van der Waals surface area contributed by atoms with Crippen molar-refractivity contribution >= 4 is 16.8 Å². The van der Waals surface area contributed by atoms with Crippen LogP contribution < -0.4 is 0 Å². The summed E-state index contributed by atoms with van der Waals surface area (Å²) in [6.45, 7) is 3.31. The van der Waals surface area contributed by atoms with Gasteiger partial charge in [-0.05, 0) is 25.8 Å². The number of aliphatic hydroxyl groups excluding tert-OH is 1. The minimum Gasteiger partial charge on any atom is -0.387 e. The summed E-state index contributed by atoms with van der Waals surface area (Å²) in [5, 5.41) is 23.1. The number of hydrogen-bond donors (Lipinski definition) is 1. The van der Waals surface area contributed by atoms with E-state index in [0.717, 1.165) is 23.7 Å². The summed E-state index contributed by atoms with van der Waals surface area (Å²) >= 11 is 0. The van der Waals surface area contributed by atoms with Crippen LogP contribution >= 0.6 is 0 Å². The van der Waals surface area contributed by atoms with Crippen molar-refractivity contribution in [2.75, 3.05) is 13.1 Å². The molecule has 1 amide bonds. The van der Waals surface area contributed by atoms with Gasteiger partial charge < -0.3 is 10.0 Å². The van der Waals surface area contributed by atoms with E-state index in [1.807, 2.05) is 33.8 Å². The summed E-state index contributed by atoms with van der Waals surface area (Å²) in [6, 6.07) is 8.11. The lowest BCUT2D eigenvalue weighted by Gasteiger charge is -2.31. The first-order valence-electron chi connectivity index (χ1n) is 8.90. The lowest BCUT2D eigenvalue weighted by atomic mass is 10.1. The van der Waals surface area contributed by atoms with E-state index in [9.17, 15) is 9.90 Å². The molecular formula is C18H22N6O2. The van der Waals surface area contributed by atoms with Gasteiger partial charge in [0.05, 0.1) is 30.1 Å². The van der Waals surface area contributed by atoms with Gasteiger partial charge in [0.25, 0.3) is 0 Å². The summed E-state index contributed by atoms with van der Waals surface area (Å²) in [6.07, 6.45) is 4.62. The molecule has 0 spiro atoms. The van der Waals surface area contributed by atoms with Crippen LogP contribution in [0.4, 0.5) is 0 Å². The van der Waals surface area contributed by atoms with E-state index in [0.29, 0.717) is 18.8 Å². The molecule has 0 saturated carbocycles. The first-order valence-corrected chi connectivity index (χ1v) is 8.90. The molecule has 8 heteroatoms. The number of carbonyl (C=O) groups excluding carboxylic acids is 1. The van der Waals surface area contributed by atoms with Crippen LogP contribution in [0.1, 0.15) is 37.6 Å². The van der Waals surface area contributed by atoms with E-state index >= 15 is 0 Å². The predicted molar refractivity (Wildman–Crippen MR) is 95.2 cm³/mol. The minimum atomic E-state index is -0.616. The molecule has 1 atom stereocenters. The fourth-order valence-electron chi connectivity index (χ4n) is 3.42. The first-order chi connectivity index (χ1) is 12.6. The second-order valence-electron chi connectivity index (χ2n) is 6.77. The highest BCUT2D eigenvalue weighted by molar-refractivity contribution is 5.82. The van der Waals surface area contributed by atoms with E-state index in [4.69, 9.17) is 0 Å². The molecule has 3 heterocycles. The van der Waals surface area contributed by atoms with Gasteiger partial charge in [-0.3, -0.25) is 9.48 Å². The largest absolute Gasteiger partial charge is 0.387 e. The summed E-state index contributed by atoms with van der Waals surface area (Å²) in [7, 11) is 0. The molecule has 1 aliphatic rings. The van der Waals surface area contributed by atoms with Crippen molar-refractivity contribution in [1.82, 2.24) is 29.7 Å². The number of fused-ring (bicyclic) bond motifs is 1. The maximum absolute atomic E-state index is 12.6. The van der Waals surface area contributed by atoms with E-state index in [1.54, 1.807) is 24.0 Å². The fourth-order valence-corrected chi connectivity index (χ4v) is 3.42. The lowest BCUT2D eigenvalue weighted by Crippen LogP contribution is -2.41. The van der Waals surface area contributed by atoms with Crippen molar-refractivity contribution in [2.45, 2.75) is 38.5 Å². The summed E-state index contributed by atoms with van der Waals surface area (Å²) < 4.78 is 3.57. The van der Waals surface area contributed by atoms with Crippen molar-refractivity contribution in [1.29, 1.82) is 0 Å². The number of amides is 1. The highest BCUT2D eigenvalue weighted by Crippen LogP contribution is 2.23. The predicted octanol–water partition coefficient (Wildman–Crippen LogP) is 1.54. The van der Waals surface area contributed by atoms with Gasteiger partial charge in [0, 0.05) is 18.5 Å². The maximum atomic E-state index is 12.6. The Morgan fingerprint density at radius 1 is 1.31 bits per heavy atom. The zero-order valence-electron chi connectivity index (χ0n) is 14.7. The summed E-state index contributed by atoms with van der Waals surface area (Å²) in [4.78, 5) is 14.5. The molecule has 0 bridgehead atoms. The van der Waals surface area contributed by atoms with Crippen molar-refractivity contribution in [2.24, 2.45) is 0 Å². The number of aliphatic hydroxyl groups is 1. The number of likely N-dealkylation sites (tertiary alicyclic amines) is 1. The molecule has 136 valence electrons. The Morgan fingerprint density at radius 2 is 2.08 bits per heavy atom. The third kappa shape index (κ3) is 3.20.